The molecular formula is C13H21N3O3S. The molecule has 0 aliphatic heterocycles. The second-order valence-corrected chi connectivity index (χ2v) is 6.67. The Morgan fingerprint density at radius 3 is 2.45 bits per heavy atom. The van der Waals surface area contributed by atoms with Crippen molar-refractivity contribution >= 4 is 15.8 Å². The number of nitrogens with one attached hydrogen (secondary N) is 1. The molecule has 0 spiro atoms. The van der Waals surface area contributed by atoms with Gasteiger partial charge in [-0.05, 0) is 38.1 Å². The summed E-state index contributed by atoms with van der Waals surface area (Å²) in [5.41, 5.74) is 5.64. The number of benzene rings is 1. The predicted octanol–water partition coefficient (Wildman–Crippen LogP) is 0.782. The molecule has 0 fully saturated rings. The largest absolute Gasteiger partial charge is 0.492 e. The third-order valence-electron chi connectivity index (χ3n) is 2.33. The number of guanidine groups is 1. The van der Waals surface area contributed by atoms with Gasteiger partial charge in [0.15, 0.2) is 15.8 Å². The van der Waals surface area contributed by atoms with Gasteiger partial charge in [-0.2, -0.15) is 0 Å². The lowest BCUT2D eigenvalue weighted by Crippen LogP contribution is -2.37. The maximum absolute atomic E-state index is 11.3. The standard InChI is InChI=1S/C13H21N3O3S/c1-10(2)16-13(14)15-8-9-19-11-4-6-12(7-5-11)20(3,17)18/h4-7,10H,8-9H2,1-3H3,(H3,14,15,16). The molecule has 1 aromatic carbocycles. The topological polar surface area (TPSA) is 93.8 Å². The van der Waals surface area contributed by atoms with E-state index in [1.165, 1.54) is 18.4 Å². The van der Waals surface area contributed by atoms with Crippen LogP contribution in [-0.4, -0.2) is 39.8 Å². The van der Waals surface area contributed by atoms with Gasteiger partial charge in [-0.15, -0.1) is 0 Å². The summed E-state index contributed by atoms with van der Waals surface area (Å²) in [6.45, 7) is 4.75. The highest BCUT2D eigenvalue weighted by atomic mass is 32.2. The predicted molar refractivity (Wildman–Crippen MR) is 79.8 cm³/mol. The highest BCUT2D eigenvalue weighted by Gasteiger charge is 2.06. The van der Waals surface area contributed by atoms with Crippen molar-refractivity contribution in [2.45, 2.75) is 24.8 Å². The molecule has 0 aliphatic rings. The molecule has 7 heteroatoms. The first-order valence-corrected chi connectivity index (χ1v) is 8.17. The van der Waals surface area contributed by atoms with Crippen LogP contribution in [0.15, 0.2) is 34.2 Å². The maximum atomic E-state index is 11.3. The Bertz CT molecular complexity index is 551. The van der Waals surface area contributed by atoms with E-state index in [-0.39, 0.29) is 10.9 Å². The molecule has 0 atom stereocenters. The summed E-state index contributed by atoms with van der Waals surface area (Å²) in [4.78, 5) is 4.37. The van der Waals surface area contributed by atoms with Gasteiger partial charge in [-0.25, -0.2) is 13.4 Å². The van der Waals surface area contributed by atoms with Gasteiger partial charge in [0.2, 0.25) is 0 Å². The van der Waals surface area contributed by atoms with Crippen LogP contribution in [0.1, 0.15) is 13.8 Å². The van der Waals surface area contributed by atoms with Crippen molar-refractivity contribution in [3.05, 3.63) is 24.3 Å². The van der Waals surface area contributed by atoms with E-state index in [1.807, 2.05) is 13.8 Å². The minimum Gasteiger partial charge on any atom is -0.492 e. The average Bonchev–Trinajstić information content (AvgIpc) is 2.33. The van der Waals surface area contributed by atoms with E-state index >= 15 is 0 Å². The lowest BCUT2D eigenvalue weighted by atomic mass is 10.3. The number of hydrogen-bond acceptors (Lipinski definition) is 4. The number of aliphatic imine (C=N–C) groups is 1. The van der Waals surface area contributed by atoms with Crippen LogP contribution in [-0.2, 0) is 9.84 Å². The van der Waals surface area contributed by atoms with Crippen molar-refractivity contribution < 1.29 is 13.2 Å². The molecular weight excluding hydrogens is 278 g/mol. The molecule has 0 radical (unpaired) electrons. The van der Waals surface area contributed by atoms with Crippen LogP contribution in [0, 0.1) is 0 Å². The zero-order valence-corrected chi connectivity index (χ0v) is 12.8. The summed E-state index contributed by atoms with van der Waals surface area (Å²) >= 11 is 0. The molecule has 0 amide bonds. The summed E-state index contributed by atoms with van der Waals surface area (Å²) in [7, 11) is -3.17. The Balaban J connectivity index is 2.43. The zero-order chi connectivity index (χ0) is 15.2. The number of hydrogen-bond donors (Lipinski definition) is 2. The van der Waals surface area contributed by atoms with E-state index in [1.54, 1.807) is 12.1 Å². The van der Waals surface area contributed by atoms with Gasteiger partial charge in [0.25, 0.3) is 0 Å². The third-order valence-corrected chi connectivity index (χ3v) is 3.46. The fourth-order valence-corrected chi connectivity index (χ4v) is 2.08. The smallest absolute Gasteiger partial charge is 0.188 e. The van der Waals surface area contributed by atoms with Gasteiger partial charge in [0.1, 0.15) is 12.4 Å². The van der Waals surface area contributed by atoms with Crippen molar-refractivity contribution in [3.63, 3.8) is 0 Å². The van der Waals surface area contributed by atoms with E-state index in [2.05, 4.69) is 10.3 Å². The fraction of sp³-hybridized carbons (Fsp3) is 0.462. The zero-order valence-electron chi connectivity index (χ0n) is 12.0. The van der Waals surface area contributed by atoms with E-state index < -0.39 is 9.84 Å². The molecule has 3 N–H and O–H groups in total. The van der Waals surface area contributed by atoms with Crippen LogP contribution in [0.25, 0.3) is 0 Å². The van der Waals surface area contributed by atoms with Crippen molar-refractivity contribution in [1.82, 2.24) is 5.32 Å². The molecule has 20 heavy (non-hydrogen) atoms. The lowest BCUT2D eigenvalue weighted by molar-refractivity contribution is 0.328. The highest BCUT2D eigenvalue weighted by molar-refractivity contribution is 7.90. The highest BCUT2D eigenvalue weighted by Crippen LogP contribution is 2.15. The summed E-state index contributed by atoms with van der Waals surface area (Å²) in [5, 5.41) is 2.97. The molecule has 0 aromatic heterocycles. The lowest BCUT2D eigenvalue weighted by Gasteiger charge is -2.09. The molecule has 0 unspecified atom stereocenters. The Morgan fingerprint density at radius 1 is 1.35 bits per heavy atom. The summed E-state index contributed by atoms with van der Waals surface area (Å²) < 4.78 is 28.0. The molecule has 112 valence electrons. The number of sulfone groups is 1. The maximum Gasteiger partial charge on any atom is 0.188 e. The van der Waals surface area contributed by atoms with Crippen molar-refractivity contribution in [2.75, 3.05) is 19.4 Å². The molecule has 0 aliphatic carbocycles. The Labute approximate surface area is 120 Å². The van der Waals surface area contributed by atoms with Gasteiger partial charge >= 0.3 is 0 Å². The van der Waals surface area contributed by atoms with Crippen LogP contribution < -0.4 is 15.8 Å². The van der Waals surface area contributed by atoms with Crippen LogP contribution in [0.3, 0.4) is 0 Å². The summed E-state index contributed by atoms with van der Waals surface area (Å²) in [5.74, 6) is 0.985. The SMILES string of the molecule is CC(C)NC(N)=NCCOc1ccc(S(C)(=O)=O)cc1. The Hall–Kier alpha value is -1.76. The number of ether oxygens (including phenoxy) is 1. The number of nitrogens with two attached hydrogens (primary N) is 1. The first kappa shape index (κ1) is 16.3. The first-order chi connectivity index (χ1) is 9.29. The second-order valence-electron chi connectivity index (χ2n) is 4.66. The molecule has 0 bridgehead atoms. The number of rotatable bonds is 6. The Morgan fingerprint density at radius 2 is 1.95 bits per heavy atom. The second kappa shape index (κ2) is 7.14. The molecule has 6 nitrogen and oxygen atoms in total. The summed E-state index contributed by atoms with van der Waals surface area (Å²) in [6.07, 6.45) is 1.17. The fourth-order valence-electron chi connectivity index (χ4n) is 1.45. The van der Waals surface area contributed by atoms with E-state index in [0.29, 0.717) is 24.9 Å². The molecule has 0 saturated carbocycles. The third kappa shape index (κ3) is 5.92. The molecule has 0 heterocycles. The van der Waals surface area contributed by atoms with E-state index in [4.69, 9.17) is 10.5 Å². The quantitative estimate of drug-likeness (QED) is 0.460. The van der Waals surface area contributed by atoms with Crippen molar-refractivity contribution in [1.29, 1.82) is 0 Å². The van der Waals surface area contributed by atoms with Gasteiger partial charge < -0.3 is 15.8 Å². The molecule has 0 saturated heterocycles. The van der Waals surface area contributed by atoms with Crippen LogP contribution in [0.4, 0.5) is 0 Å². The monoisotopic (exact) mass is 299 g/mol. The average molecular weight is 299 g/mol. The van der Waals surface area contributed by atoms with E-state index in [0.717, 1.165) is 0 Å². The number of nitrogens with zero attached hydrogens (tertiary/aromatic N) is 1. The van der Waals surface area contributed by atoms with Crippen LogP contribution in [0.2, 0.25) is 0 Å². The first-order valence-electron chi connectivity index (χ1n) is 6.28. The molecule has 1 aromatic rings. The van der Waals surface area contributed by atoms with Crippen LogP contribution in [0.5, 0.6) is 5.75 Å². The normalized spacial score (nSPS) is 12.5. The van der Waals surface area contributed by atoms with Gasteiger partial charge in [-0.3, -0.25) is 0 Å². The van der Waals surface area contributed by atoms with Gasteiger partial charge in [0.05, 0.1) is 11.4 Å². The molecule has 1 rings (SSSR count). The summed E-state index contributed by atoms with van der Waals surface area (Å²) in [6, 6.07) is 6.51. The van der Waals surface area contributed by atoms with E-state index in [9.17, 15) is 8.42 Å². The van der Waals surface area contributed by atoms with Gasteiger partial charge in [0, 0.05) is 12.3 Å². The van der Waals surface area contributed by atoms with Crippen molar-refractivity contribution in [3.8, 4) is 5.75 Å². The van der Waals surface area contributed by atoms with Gasteiger partial charge in [-0.1, -0.05) is 0 Å². The minimum absolute atomic E-state index is 0.239. The van der Waals surface area contributed by atoms with Crippen LogP contribution >= 0.6 is 0 Å². The minimum atomic E-state index is -3.17. The Kier molecular flexibility index (Phi) is 5.82. The van der Waals surface area contributed by atoms with Crippen molar-refractivity contribution in [2.24, 2.45) is 10.7 Å².